The number of halogens is 1. The first-order chi connectivity index (χ1) is 8.22. The van der Waals surface area contributed by atoms with E-state index in [1.54, 1.807) is 12.1 Å². The normalized spacial score (nSPS) is 9.47. The van der Waals surface area contributed by atoms with E-state index in [2.05, 4.69) is 15.9 Å². The van der Waals surface area contributed by atoms with Crippen molar-refractivity contribution < 1.29 is 14.3 Å². The molecule has 0 aromatic heterocycles. The van der Waals surface area contributed by atoms with Gasteiger partial charge in [-0.15, -0.1) is 0 Å². The molecule has 5 heteroatoms. The fourth-order valence-corrected chi connectivity index (χ4v) is 1.66. The van der Waals surface area contributed by atoms with Crippen LogP contribution >= 0.6 is 15.9 Å². The number of carbonyl (C=O) groups is 1. The molecular weight excluding hydrogens is 286 g/mol. The van der Waals surface area contributed by atoms with E-state index in [9.17, 15) is 4.79 Å². The molecule has 17 heavy (non-hydrogen) atoms. The van der Waals surface area contributed by atoms with Crippen molar-refractivity contribution in [1.29, 1.82) is 5.26 Å². The van der Waals surface area contributed by atoms with Gasteiger partial charge in [0, 0.05) is 16.5 Å². The third-order valence-electron chi connectivity index (χ3n) is 2.10. The average Bonchev–Trinajstić information content (AvgIpc) is 2.35. The van der Waals surface area contributed by atoms with E-state index in [4.69, 9.17) is 14.7 Å². The van der Waals surface area contributed by atoms with Crippen molar-refractivity contribution in [3.63, 3.8) is 0 Å². The fraction of sp³-hybridized carbons (Fsp3) is 0.333. The molecule has 0 fully saturated rings. The Morgan fingerprint density at radius 2 is 2.24 bits per heavy atom. The quantitative estimate of drug-likeness (QED) is 0.598. The highest BCUT2D eigenvalue weighted by Gasteiger charge is 2.09. The third kappa shape index (κ3) is 3.75. The van der Waals surface area contributed by atoms with Gasteiger partial charge in [-0.1, -0.05) is 0 Å². The van der Waals surface area contributed by atoms with Gasteiger partial charge in [0.1, 0.15) is 0 Å². The Morgan fingerprint density at radius 3 is 2.82 bits per heavy atom. The molecule has 1 aromatic carbocycles. The van der Waals surface area contributed by atoms with Crippen molar-refractivity contribution in [2.75, 3.05) is 13.7 Å². The van der Waals surface area contributed by atoms with Crippen LogP contribution in [0.1, 0.15) is 23.2 Å². The van der Waals surface area contributed by atoms with Crippen molar-refractivity contribution in [3.05, 3.63) is 22.2 Å². The number of benzene rings is 1. The topological polar surface area (TPSA) is 59.3 Å². The molecule has 0 aliphatic carbocycles. The Kier molecular flexibility index (Phi) is 5.50. The molecule has 4 nitrogen and oxygen atoms in total. The minimum Gasteiger partial charge on any atom is -0.493 e. The number of unbranched alkanes of at least 4 members (excludes halogenated alkanes) is 1. The van der Waals surface area contributed by atoms with Gasteiger partial charge in [0.25, 0.3) is 0 Å². The van der Waals surface area contributed by atoms with E-state index in [0.717, 1.165) is 6.29 Å². The fourth-order valence-electron chi connectivity index (χ4n) is 1.25. The molecule has 0 amide bonds. The Morgan fingerprint density at radius 1 is 1.47 bits per heavy atom. The van der Waals surface area contributed by atoms with Gasteiger partial charge >= 0.3 is 0 Å². The van der Waals surface area contributed by atoms with Gasteiger partial charge in [-0.25, -0.2) is 0 Å². The van der Waals surface area contributed by atoms with E-state index in [1.165, 1.54) is 7.11 Å². The molecule has 0 aliphatic heterocycles. The van der Waals surface area contributed by atoms with E-state index in [0.29, 0.717) is 41.0 Å². The number of aldehydes is 1. The van der Waals surface area contributed by atoms with Crippen molar-refractivity contribution in [2.24, 2.45) is 0 Å². The molecule has 0 spiro atoms. The number of nitrogens with zero attached hydrogens (tertiary/aromatic N) is 1. The Bertz CT molecular complexity index is 440. The van der Waals surface area contributed by atoms with Crippen LogP contribution in [0.4, 0.5) is 0 Å². The maximum Gasteiger partial charge on any atom is 0.162 e. The largest absolute Gasteiger partial charge is 0.493 e. The molecule has 0 bridgehead atoms. The van der Waals surface area contributed by atoms with Gasteiger partial charge in [0.2, 0.25) is 0 Å². The van der Waals surface area contributed by atoms with Crippen LogP contribution in [-0.2, 0) is 0 Å². The maximum atomic E-state index is 10.7. The van der Waals surface area contributed by atoms with Crippen LogP contribution in [0.15, 0.2) is 16.6 Å². The second-order valence-corrected chi connectivity index (χ2v) is 4.11. The van der Waals surface area contributed by atoms with Crippen LogP contribution in [0, 0.1) is 11.3 Å². The van der Waals surface area contributed by atoms with E-state index < -0.39 is 0 Å². The second kappa shape index (κ2) is 6.92. The number of rotatable bonds is 6. The summed E-state index contributed by atoms with van der Waals surface area (Å²) >= 11 is 3.27. The lowest BCUT2D eigenvalue weighted by atomic mass is 10.2. The second-order valence-electron chi connectivity index (χ2n) is 3.25. The van der Waals surface area contributed by atoms with Crippen LogP contribution in [0.25, 0.3) is 0 Å². The van der Waals surface area contributed by atoms with Gasteiger partial charge < -0.3 is 9.47 Å². The monoisotopic (exact) mass is 297 g/mol. The van der Waals surface area contributed by atoms with E-state index in [-0.39, 0.29) is 0 Å². The Labute approximate surface area is 108 Å². The smallest absolute Gasteiger partial charge is 0.162 e. The van der Waals surface area contributed by atoms with Crippen LogP contribution in [0.3, 0.4) is 0 Å². The summed E-state index contributed by atoms with van der Waals surface area (Å²) in [7, 11) is 1.51. The summed E-state index contributed by atoms with van der Waals surface area (Å²) in [4.78, 5) is 10.7. The van der Waals surface area contributed by atoms with E-state index in [1.807, 2.05) is 6.07 Å². The lowest BCUT2D eigenvalue weighted by molar-refractivity contribution is 0.112. The maximum absolute atomic E-state index is 10.7. The highest BCUT2D eigenvalue weighted by Crippen LogP contribution is 2.32. The molecule has 1 rings (SSSR count). The minimum atomic E-state index is 0.441. The summed E-state index contributed by atoms with van der Waals surface area (Å²) in [6, 6.07) is 5.34. The van der Waals surface area contributed by atoms with Crippen molar-refractivity contribution in [2.45, 2.75) is 12.8 Å². The third-order valence-corrected chi connectivity index (χ3v) is 2.79. The summed E-state index contributed by atoms with van der Waals surface area (Å²) in [5.74, 6) is 1.06. The highest BCUT2D eigenvalue weighted by atomic mass is 79.9. The minimum absolute atomic E-state index is 0.441. The van der Waals surface area contributed by atoms with Crippen molar-refractivity contribution in [1.82, 2.24) is 0 Å². The molecule has 0 radical (unpaired) electrons. The summed E-state index contributed by atoms with van der Waals surface area (Å²) in [6.07, 6.45) is 1.86. The highest BCUT2D eigenvalue weighted by molar-refractivity contribution is 9.10. The van der Waals surface area contributed by atoms with Gasteiger partial charge in [0.15, 0.2) is 17.8 Å². The van der Waals surface area contributed by atoms with Gasteiger partial charge in [-0.05, 0) is 34.5 Å². The van der Waals surface area contributed by atoms with Crippen LogP contribution in [0.2, 0.25) is 0 Å². The Hall–Kier alpha value is -1.54. The summed E-state index contributed by atoms with van der Waals surface area (Å²) in [5.41, 5.74) is 0.506. The number of hydrogen-bond acceptors (Lipinski definition) is 4. The first-order valence-electron chi connectivity index (χ1n) is 5.05. The summed E-state index contributed by atoms with van der Waals surface area (Å²) in [5, 5.41) is 8.40. The molecular formula is C12H12BrNO3. The first-order valence-corrected chi connectivity index (χ1v) is 5.84. The molecule has 0 N–H and O–H groups in total. The van der Waals surface area contributed by atoms with Gasteiger partial charge in [-0.2, -0.15) is 5.26 Å². The molecule has 0 atom stereocenters. The first kappa shape index (κ1) is 13.5. The standard InChI is InChI=1S/C12H12BrNO3/c1-16-11-6-9(8-15)10(13)7-12(11)17-5-3-2-4-14/h6-8H,2-3,5H2,1H3. The lowest BCUT2D eigenvalue weighted by Gasteiger charge is -2.11. The molecule has 0 heterocycles. The SMILES string of the molecule is COc1cc(C=O)c(Br)cc1OCCCC#N. The number of hydrogen-bond donors (Lipinski definition) is 0. The molecule has 0 aliphatic rings. The molecule has 0 saturated carbocycles. The van der Waals surface area contributed by atoms with Crippen LogP contribution < -0.4 is 9.47 Å². The predicted octanol–water partition coefficient (Wildman–Crippen LogP) is 2.95. The number of methoxy groups -OCH3 is 1. The average molecular weight is 298 g/mol. The molecule has 0 unspecified atom stereocenters. The Balaban J connectivity index is 2.80. The van der Waals surface area contributed by atoms with Crippen molar-refractivity contribution >= 4 is 22.2 Å². The van der Waals surface area contributed by atoms with Gasteiger partial charge in [0.05, 0.1) is 19.8 Å². The van der Waals surface area contributed by atoms with Crippen LogP contribution in [0.5, 0.6) is 11.5 Å². The van der Waals surface area contributed by atoms with Crippen molar-refractivity contribution in [3.8, 4) is 17.6 Å². The number of carbonyl (C=O) groups excluding carboxylic acids is 1. The zero-order chi connectivity index (χ0) is 12.7. The molecule has 1 aromatic rings. The van der Waals surface area contributed by atoms with Gasteiger partial charge in [-0.3, -0.25) is 4.79 Å². The van der Waals surface area contributed by atoms with Crippen LogP contribution in [-0.4, -0.2) is 20.0 Å². The predicted molar refractivity (Wildman–Crippen MR) is 66.4 cm³/mol. The lowest BCUT2D eigenvalue weighted by Crippen LogP contribution is -2.00. The molecule has 0 saturated heterocycles. The zero-order valence-corrected chi connectivity index (χ0v) is 11.0. The summed E-state index contributed by atoms with van der Waals surface area (Å²) in [6.45, 7) is 0.441. The van der Waals surface area contributed by atoms with E-state index >= 15 is 0 Å². The number of nitriles is 1. The summed E-state index contributed by atoms with van der Waals surface area (Å²) < 4.78 is 11.3. The zero-order valence-electron chi connectivity index (χ0n) is 9.40. The number of ether oxygens (including phenoxy) is 2. The molecule has 90 valence electrons.